The number of halogens is 1. The molecule has 1 aliphatic rings. The Balaban J connectivity index is 2.00. The number of primary amides is 1. The minimum atomic E-state index is -3.94. The van der Waals surface area contributed by atoms with Crippen molar-refractivity contribution in [1.29, 1.82) is 0 Å². The number of amides is 1. The maximum atomic E-state index is 13.6. The summed E-state index contributed by atoms with van der Waals surface area (Å²) in [7, 11) is -2.64. The first-order chi connectivity index (χ1) is 14.7. The number of carbonyl (C=O) groups excluding carboxylic acids is 2. The summed E-state index contributed by atoms with van der Waals surface area (Å²) in [5, 5.41) is 0.427. The Kier molecular flexibility index (Phi) is 7.35. The van der Waals surface area contributed by atoms with Crippen LogP contribution in [0, 0.1) is 5.92 Å². The third-order valence-electron chi connectivity index (χ3n) is 5.60. The van der Waals surface area contributed by atoms with E-state index in [-0.39, 0.29) is 11.4 Å². The van der Waals surface area contributed by atoms with Gasteiger partial charge in [-0.3, -0.25) is 4.79 Å². The first-order valence-corrected chi connectivity index (χ1v) is 11.8. The van der Waals surface area contributed by atoms with Gasteiger partial charge in [0, 0.05) is 17.6 Å². The summed E-state index contributed by atoms with van der Waals surface area (Å²) in [4.78, 5) is 23.9. The minimum Gasteiger partial charge on any atom is -0.465 e. The zero-order valence-corrected chi connectivity index (χ0v) is 18.7. The Morgan fingerprint density at radius 1 is 1.06 bits per heavy atom. The van der Waals surface area contributed by atoms with Crippen molar-refractivity contribution in [3.63, 3.8) is 0 Å². The van der Waals surface area contributed by atoms with Crippen LogP contribution < -0.4 is 5.73 Å². The second kappa shape index (κ2) is 9.80. The van der Waals surface area contributed by atoms with Crippen molar-refractivity contribution in [2.45, 2.75) is 43.2 Å². The molecule has 2 unspecified atom stereocenters. The number of sulfonamides is 1. The van der Waals surface area contributed by atoms with Crippen LogP contribution in [0.4, 0.5) is 0 Å². The molecule has 0 spiro atoms. The average molecular weight is 465 g/mol. The van der Waals surface area contributed by atoms with Gasteiger partial charge < -0.3 is 10.5 Å². The molecule has 2 N–H and O–H groups in total. The van der Waals surface area contributed by atoms with Gasteiger partial charge in [0.05, 0.1) is 23.5 Å². The van der Waals surface area contributed by atoms with E-state index in [1.807, 2.05) is 0 Å². The molecule has 0 aromatic heterocycles. The molecule has 9 heteroatoms. The van der Waals surface area contributed by atoms with Crippen LogP contribution in [0.2, 0.25) is 5.02 Å². The van der Waals surface area contributed by atoms with Crippen LogP contribution in [-0.2, 0) is 26.1 Å². The fourth-order valence-corrected chi connectivity index (χ4v) is 5.76. The summed E-state index contributed by atoms with van der Waals surface area (Å²) in [6, 6.07) is 11.9. The summed E-state index contributed by atoms with van der Waals surface area (Å²) in [5.41, 5.74) is 6.68. The number of nitrogens with two attached hydrogens (primary N) is 1. The van der Waals surface area contributed by atoms with E-state index in [9.17, 15) is 18.0 Å². The van der Waals surface area contributed by atoms with Gasteiger partial charge in [-0.15, -0.1) is 0 Å². The normalized spacial score (nSPS) is 19.2. The molecule has 0 aliphatic heterocycles. The molecule has 2 aromatic rings. The first-order valence-electron chi connectivity index (χ1n) is 9.98. The van der Waals surface area contributed by atoms with E-state index in [1.165, 1.54) is 35.7 Å². The van der Waals surface area contributed by atoms with Gasteiger partial charge in [0.2, 0.25) is 15.9 Å². The monoisotopic (exact) mass is 464 g/mol. The minimum absolute atomic E-state index is 0.0425. The summed E-state index contributed by atoms with van der Waals surface area (Å²) >= 11 is 5.93. The number of rotatable bonds is 7. The molecule has 0 radical (unpaired) electrons. The highest BCUT2D eigenvalue weighted by Gasteiger charge is 2.40. The summed E-state index contributed by atoms with van der Waals surface area (Å²) in [6.07, 6.45) is 2.73. The molecule has 1 fully saturated rings. The van der Waals surface area contributed by atoms with E-state index in [0.29, 0.717) is 29.0 Å². The highest BCUT2D eigenvalue weighted by Crippen LogP contribution is 2.33. The van der Waals surface area contributed by atoms with Crippen molar-refractivity contribution in [1.82, 2.24) is 4.31 Å². The van der Waals surface area contributed by atoms with E-state index in [0.717, 1.165) is 12.8 Å². The summed E-state index contributed by atoms with van der Waals surface area (Å²) < 4.78 is 33.3. The number of benzene rings is 2. The molecule has 2 aromatic carbocycles. The summed E-state index contributed by atoms with van der Waals surface area (Å²) in [6.45, 7) is 0.0425. The van der Waals surface area contributed by atoms with Gasteiger partial charge in [-0.25, -0.2) is 13.2 Å². The lowest BCUT2D eigenvalue weighted by Crippen LogP contribution is -2.49. The predicted octanol–water partition coefficient (Wildman–Crippen LogP) is 3.36. The van der Waals surface area contributed by atoms with Crippen molar-refractivity contribution in [3.05, 3.63) is 64.7 Å². The van der Waals surface area contributed by atoms with Crippen LogP contribution in [0.1, 0.15) is 41.6 Å². The Morgan fingerprint density at radius 3 is 2.26 bits per heavy atom. The topological polar surface area (TPSA) is 107 Å². The van der Waals surface area contributed by atoms with Crippen LogP contribution in [0.25, 0.3) is 0 Å². The van der Waals surface area contributed by atoms with E-state index in [4.69, 9.17) is 22.1 Å². The maximum Gasteiger partial charge on any atom is 0.337 e. The SMILES string of the molecule is COC(=O)c1ccc(CN(C2CCCCC2C(N)=O)S(=O)(=O)c2ccc(Cl)cc2)cc1. The largest absolute Gasteiger partial charge is 0.465 e. The molecule has 2 atom stereocenters. The molecular formula is C22H25ClN2O5S. The Bertz CT molecular complexity index is 1040. The van der Waals surface area contributed by atoms with Crippen molar-refractivity contribution < 1.29 is 22.7 Å². The number of methoxy groups -OCH3 is 1. The van der Waals surface area contributed by atoms with Gasteiger partial charge in [-0.2, -0.15) is 4.31 Å². The molecule has 1 amide bonds. The molecule has 3 rings (SSSR count). The fourth-order valence-electron chi connectivity index (χ4n) is 3.95. The zero-order chi connectivity index (χ0) is 22.6. The van der Waals surface area contributed by atoms with Gasteiger partial charge in [-0.1, -0.05) is 36.6 Å². The quantitative estimate of drug-likeness (QED) is 0.632. The molecule has 0 heterocycles. The summed E-state index contributed by atoms with van der Waals surface area (Å²) in [5.74, 6) is -1.54. The molecule has 1 saturated carbocycles. The number of esters is 1. The highest BCUT2D eigenvalue weighted by molar-refractivity contribution is 7.89. The smallest absolute Gasteiger partial charge is 0.337 e. The number of hydrogen-bond donors (Lipinski definition) is 1. The van der Waals surface area contributed by atoms with E-state index in [2.05, 4.69) is 0 Å². The molecular weight excluding hydrogens is 440 g/mol. The van der Waals surface area contributed by atoms with E-state index < -0.39 is 33.9 Å². The molecule has 7 nitrogen and oxygen atoms in total. The first kappa shape index (κ1) is 23.2. The molecule has 0 bridgehead atoms. The van der Waals surface area contributed by atoms with E-state index >= 15 is 0 Å². The van der Waals surface area contributed by atoms with Crippen molar-refractivity contribution in [2.75, 3.05) is 7.11 Å². The molecule has 0 saturated heterocycles. The lowest BCUT2D eigenvalue weighted by atomic mass is 9.84. The second-order valence-electron chi connectivity index (χ2n) is 7.55. The Hall–Kier alpha value is -2.42. The van der Waals surface area contributed by atoms with Crippen LogP contribution in [0.5, 0.6) is 0 Å². The van der Waals surface area contributed by atoms with Gasteiger partial charge in [0.1, 0.15) is 0 Å². The molecule has 31 heavy (non-hydrogen) atoms. The maximum absolute atomic E-state index is 13.6. The van der Waals surface area contributed by atoms with Gasteiger partial charge in [0.25, 0.3) is 0 Å². The van der Waals surface area contributed by atoms with Crippen LogP contribution in [0.15, 0.2) is 53.4 Å². The van der Waals surface area contributed by atoms with Crippen molar-refractivity contribution >= 4 is 33.5 Å². The predicted molar refractivity (Wildman–Crippen MR) is 117 cm³/mol. The van der Waals surface area contributed by atoms with Crippen LogP contribution >= 0.6 is 11.6 Å². The average Bonchev–Trinajstić information content (AvgIpc) is 2.77. The van der Waals surface area contributed by atoms with Gasteiger partial charge in [0.15, 0.2) is 0 Å². The fraction of sp³-hybridized carbons (Fsp3) is 0.364. The number of ether oxygens (including phenoxy) is 1. The number of hydrogen-bond acceptors (Lipinski definition) is 5. The Labute approximate surface area is 187 Å². The third kappa shape index (κ3) is 5.26. The van der Waals surface area contributed by atoms with Crippen molar-refractivity contribution in [2.24, 2.45) is 11.7 Å². The Morgan fingerprint density at radius 2 is 1.68 bits per heavy atom. The molecule has 1 aliphatic carbocycles. The van der Waals surface area contributed by atoms with E-state index in [1.54, 1.807) is 24.3 Å². The van der Waals surface area contributed by atoms with Crippen LogP contribution in [0.3, 0.4) is 0 Å². The molecule has 166 valence electrons. The number of carbonyl (C=O) groups is 2. The van der Waals surface area contributed by atoms with Gasteiger partial charge >= 0.3 is 5.97 Å². The third-order valence-corrected chi connectivity index (χ3v) is 7.74. The lowest BCUT2D eigenvalue weighted by molar-refractivity contribution is -0.124. The lowest BCUT2D eigenvalue weighted by Gasteiger charge is -2.38. The van der Waals surface area contributed by atoms with Crippen LogP contribution in [-0.4, -0.2) is 37.8 Å². The standard InChI is InChI=1S/C22H25ClN2O5S/c1-30-22(27)16-8-6-15(7-9-16)14-25(20-5-3-2-4-19(20)21(24)26)31(28,29)18-12-10-17(23)11-13-18/h6-13,19-20H,2-5,14H2,1H3,(H2,24,26). The van der Waals surface area contributed by atoms with Crippen molar-refractivity contribution in [3.8, 4) is 0 Å². The second-order valence-corrected chi connectivity index (χ2v) is 9.88. The highest BCUT2D eigenvalue weighted by atomic mass is 35.5. The number of nitrogens with zero attached hydrogens (tertiary/aromatic N) is 1. The van der Waals surface area contributed by atoms with Gasteiger partial charge in [-0.05, 0) is 54.8 Å². The zero-order valence-electron chi connectivity index (χ0n) is 17.2.